The highest BCUT2D eigenvalue weighted by atomic mass is 79.9. The van der Waals surface area contributed by atoms with Crippen LogP contribution in [0.4, 0.5) is 5.69 Å². The van der Waals surface area contributed by atoms with Crippen molar-refractivity contribution in [1.29, 1.82) is 0 Å². The summed E-state index contributed by atoms with van der Waals surface area (Å²) in [5.74, 6) is -0.212. The maximum absolute atomic E-state index is 13.1. The molecule has 1 aliphatic carbocycles. The van der Waals surface area contributed by atoms with Crippen LogP contribution in [0.2, 0.25) is 0 Å². The van der Waals surface area contributed by atoms with Crippen molar-refractivity contribution >= 4 is 43.1 Å². The number of nitrogens with one attached hydrogen (secondary N) is 1. The van der Waals surface area contributed by atoms with E-state index in [1.165, 1.54) is 18.2 Å². The Bertz CT molecular complexity index is 1360. The van der Waals surface area contributed by atoms with Gasteiger partial charge in [-0.3, -0.25) is 4.79 Å². The summed E-state index contributed by atoms with van der Waals surface area (Å²) in [6.45, 7) is 3.94. The molecule has 5 nitrogen and oxygen atoms in total. The van der Waals surface area contributed by atoms with Crippen LogP contribution in [0.25, 0.3) is 0 Å². The molecule has 0 bridgehead atoms. The number of rotatable bonds is 4. The fourth-order valence-corrected chi connectivity index (χ4v) is 4.65. The van der Waals surface area contributed by atoms with Crippen LogP contribution in [0.3, 0.4) is 0 Å². The van der Waals surface area contributed by atoms with Gasteiger partial charge in [-0.15, -0.1) is 0 Å². The average molecular weight is 495 g/mol. The molecule has 4 rings (SSSR count). The maximum atomic E-state index is 13.1. The van der Waals surface area contributed by atoms with Crippen molar-refractivity contribution in [3.05, 3.63) is 105 Å². The Morgan fingerprint density at radius 2 is 1.58 bits per heavy atom. The number of ketones is 1. The summed E-state index contributed by atoms with van der Waals surface area (Å²) in [5.41, 5.74) is 4.25. The molecule has 3 aromatic carbocycles. The first kappa shape index (κ1) is 21.2. The number of carbonyl (C=O) groups is 1. The molecule has 0 heterocycles. The second-order valence-corrected chi connectivity index (χ2v) is 9.80. The van der Waals surface area contributed by atoms with Crippen LogP contribution in [-0.4, -0.2) is 19.9 Å². The summed E-state index contributed by atoms with van der Waals surface area (Å²) >= 11 is 3.30. The number of allylic oxidation sites excluding steroid dienone is 2. The molecule has 3 aromatic rings. The number of hydrogen-bond acceptors (Lipinski definition) is 4. The second-order valence-electron chi connectivity index (χ2n) is 7.28. The third kappa shape index (κ3) is 4.38. The molecular weight excluding hydrogens is 476 g/mol. The van der Waals surface area contributed by atoms with Gasteiger partial charge in [0, 0.05) is 21.3 Å². The van der Waals surface area contributed by atoms with Gasteiger partial charge in [0.05, 0.1) is 16.3 Å². The van der Waals surface area contributed by atoms with E-state index in [-0.39, 0.29) is 22.1 Å². The summed E-state index contributed by atoms with van der Waals surface area (Å²) < 4.78 is 30.7. The summed E-state index contributed by atoms with van der Waals surface area (Å²) in [4.78, 5) is 13.2. The van der Waals surface area contributed by atoms with Gasteiger partial charge in [0.15, 0.2) is 0 Å². The van der Waals surface area contributed by atoms with Gasteiger partial charge in [0.2, 0.25) is 5.78 Å². The third-order valence-electron chi connectivity index (χ3n) is 4.95. The standard InChI is InChI=1S/C24H19BrN2O3S/c1-15-7-12-21(16(2)13-15)26-23-14-22(19-5-3-4-6-20(19)24(23)28)27-31(29,30)18-10-8-17(25)9-11-18/h3-14,26H,1-2H3/b27-22+. The lowest BCUT2D eigenvalue weighted by Crippen LogP contribution is -2.23. The summed E-state index contributed by atoms with van der Waals surface area (Å²) in [6.07, 6.45) is 1.50. The molecule has 0 spiro atoms. The number of carbonyl (C=O) groups excluding carboxylic acids is 1. The number of fused-ring (bicyclic) bond motifs is 1. The molecule has 31 heavy (non-hydrogen) atoms. The summed E-state index contributed by atoms with van der Waals surface area (Å²) in [5, 5.41) is 3.16. The lowest BCUT2D eigenvalue weighted by atomic mass is 9.92. The zero-order valence-electron chi connectivity index (χ0n) is 16.9. The van der Waals surface area contributed by atoms with E-state index in [1.807, 2.05) is 32.0 Å². The summed E-state index contributed by atoms with van der Waals surface area (Å²) in [7, 11) is -3.96. The first-order valence-corrected chi connectivity index (χ1v) is 11.8. The van der Waals surface area contributed by atoms with Crippen LogP contribution < -0.4 is 5.32 Å². The molecule has 0 atom stereocenters. The van der Waals surface area contributed by atoms with Gasteiger partial charge < -0.3 is 5.32 Å². The number of aryl methyl sites for hydroxylation is 2. The summed E-state index contributed by atoms with van der Waals surface area (Å²) in [6, 6.07) is 19.0. The van der Waals surface area contributed by atoms with Crippen molar-refractivity contribution in [3.63, 3.8) is 0 Å². The number of hydrogen-bond donors (Lipinski definition) is 1. The average Bonchev–Trinajstić information content (AvgIpc) is 2.73. The molecule has 1 N–H and O–H groups in total. The minimum atomic E-state index is -3.96. The molecule has 0 radical (unpaired) electrons. The highest BCUT2D eigenvalue weighted by molar-refractivity contribution is 9.10. The van der Waals surface area contributed by atoms with Crippen molar-refractivity contribution < 1.29 is 13.2 Å². The number of sulfonamides is 1. The smallest absolute Gasteiger partial charge is 0.282 e. The molecular formula is C24H19BrN2O3S. The number of benzene rings is 3. The first-order chi connectivity index (χ1) is 14.7. The van der Waals surface area contributed by atoms with E-state index in [0.29, 0.717) is 11.1 Å². The highest BCUT2D eigenvalue weighted by Gasteiger charge is 2.26. The van der Waals surface area contributed by atoms with Crippen LogP contribution in [0, 0.1) is 13.8 Å². The zero-order valence-corrected chi connectivity index (χ0v) is 19.3. The van der Waals surface area contributed by atoms with Gasteiger partial charge in [-0.25, -0.2) is 0 Å². The normalized spacial score (nSPS) is 14.9. The first-order valence-electron chi connectivity index (χ1n) is 9.55. The van der Waals surface area contributed by atoms with Gasteiger partial charge in [0.1, 0.15) is 0 Å². The number of nitrogens with zero attached hydrogens (tertiary/aromatic N) is 1. The molecule has 0 saturated heterocycles. The van der Waals surface area contributed by atoms with Gasteiger partial charge in [-0.2, -0.15) is 12.8 Å². The third-order valence-corrected chi connectivity index (χ3v) is 6.79. The largest absolute Gasteiger partial charge is 0.352 e. The fourth-order valence-electron chi connectivity index (χ4n) is 3.39. The predicted molar refractivity (Wildman–Crippen MR) is 126 cm³/mol. The van der Waals surface area contributed by atoms with Crippen molar-refractivity contribution in [2.24, 2.45) is 4.40 Å². The van der Waals surface area contributed by atoms with Crippen molar-refractivity contribution in [3.8, 4) is 0 Å². The van der Waals surface area contributed by atoms with Crippen LogP contribution >= 0.6 is 15.9 Å². The van der Waals surface area contributed by atoms with E-state index in [9.17, 15) is 13.2 Å². The van der Waals surface area contributed by atoms with Gasteiger partial charge in [-0.05, 0) is 55.8 Å². The SMILES string of the molecule is Cc1ccc(NC2=C/C(=N\S(=O)(=O)c3ccc(Br)cc3)c3ccccc3C2=O)c(C)c1. The second kappa shape index (κ2) is 8.24. The van der Waals surface area contributed by atoms with E-state index in [4.69, 9.17) is 0 Å². The predicted octanol–water partition coefficient (Wildman–Crippen LogP) is 5.44. The van der Waals surface area contributed by atoms with Crippen molar-refractivity contribution in [1.82, 2.24) is 0 Å². The molecule has 7 heteroatoms. The Balaban J connectivity index is 1.82. The van der Waals surface area contributed by atoms with E-state index < -0.39 is 10.0 Å². The molecule has 0 aromatic heterocycles. The number of Topliss-reactive ketones (excluding diaryl/α,β-unsaturated/α-hetero) is 1. The van der Waals surface area contributed by atoms with Crippen LogP contribution in [0.15, 0.2) is 92.3 Å². The Hall–Kier alpha value is -3.03. The molecule has 0 saturated carbocycles. The molecule has 0 fully saturated rings. The quantitative estimate of drug-likeness (QED) is 0.524. The molecule has 0 unspecified atom stereocenters. The zero-order chi connectivity index (χ0) is 22.2. The molecule has 156 valence electrons. The monoisotopic (exact) mass is 494 g/mol. The molecule has 0 aliphatic heterocycles. The van der Waals surface area contributed by atoms with Gasteiger partial charge in [-0.1, -0.05) is 57.9 Å². The van der Waals surface area contributed by atoms with Crippen molar-refractivity contribution in [2.75, 3.05) is 5.32 Å². The maximum Gasteiger partial charge on any atom is 0.282 e. The lowest BCUT2D eigenvalue weighted by molar-refractivity contribution is 0.103. The Morgan fingerprint density at radius 3 is 2.26 bits per heavy atom. The van der Waals surface area contributed by atoms with Crippen molar-refractivity contribution in [2.45, 2.75) is 18.7 Å². The van der Waals surface area contributed by atoms with E-state index in [1.54, 1.807) is 36.4 Å². The van der Waals surface area contributed by atoms with Crippen LogP contribution in [0.1, 0.15) is 27.0 Å². The molecule has 1 aliphatic rings. The van der Waals surface area contributed by atoms with Gasteiger partial charge in [0.25, 0.3) is 10.0 Å². The van der Waals surface area contributed by atoms with E-state index in [0.717, 1.165) is 21.3 Å². The van der Waals surface area contributed by atoms with E-state index >= 15 is 0 Å². The Morgan fingerprint density at radius 1 is 0.903 bits per heavy atom. The minimum Gasteiger partial charge on any atom is -0.352 e. The highest BCUT2D eigenvalue weighted by Crippen LogP contribution is 2.26. The van der Waals surface area contributed by atoms with E-state index in [2.05, 4.69) is 25.6 Å². The fraction of sp³-hybridized carbons (Fsp3) is 0.0833. The topological polar surface area (TPSA) is 75.6 Å². The minimum absolute atomic E-state index is 0.0786. The van der Waals surface area contributed by atoms with Crippen LogP contribution in [0.5, 0.6) is 0 Å². The number of halogens is 1. The lowest BCUT2D eigenvalue weighted by Gasteiger charge is -2.19. The Labute approximate surface area is 189 Å². The van der Waals surface area contributed by atoms with Gasteiger partial charge >= 0.3 is 0 Å². The Kier molecular flexibility index (Phi) is 5.64. The molecule has 0 amide bonds. The van der Waals surface area contributed by atoms with Crippen LogP contribution in [-0.2, 0) is 10.0 Å². The number of anilines is 1.